The van der Waals surface area contributed by atoms with Crippen LogP contribution >= 0.6 is 79.6 Å². The summed E-state index contributed by atoms with van der Waals surface area (Å²) in [6, 6.07) is 10.4. The Morgan fingerprint density at radius 1 is 0.897 bits per heavy atom. The Labute approximate surface area is 214 Å². The van der Waals surface area contributed by atoms with E-state index >= 15 is 0 Å². The van der Waals surface area contributed by atoms with Gasteiger partial charge >= 0.3 is 0 Å². The van der Waals surface area contributed by atoms with E-state index in [1.165, 1.54) is 6.42 Å². The van der Waals surface area contributed by atoms with Gasteiger partial charge in [-0.2, -0.15) is 0 Å². The van der Waals surface area contributed by atoms with Crippen LogP contribution < -0.4 is 4.74 Å². The van der Waals surface area contributed by atoms with Gasteiger partial charge in [0.1, 0.15) is 11.5 Å². The highest BCUT2D eigenvalue weighted by molar-refractivity contribution is 9.11. The summed E-state index contributed by atoms with van der Waals surface area (Å²) in [7, 11) is 0. The number of ether oxygens (including phenoxy) is 1. The van der Waals surface area contributed by atoms with E-state index in [9.17, 15) is 4.79 Å². The lowest BCUT2D eigenvalue weighted by molar-refractivity contribution is 0.112. The topological polar surface area (TPSA) is 66.8 Å². The Balaban J connectivity index is 0.000000455. The fourth-order valence-electron chi connectivity index (χ4n) is 1.71. The van der Waals surface area contributed by atoms with Crippen LogP contribution in [0, 0.1) is 0 Å². The fraction of sp³-hybridized carbons (Fsp3) is 0.350. The van der Waals surface area contributed by atoms with Gasteiger partial charge in [0.25, 0.3) is 0 Å². The molecule has 0 amide bonds. The summed E-state index contributed by atoms with van der Waals surface area (Å²) >= 11 is 16.3. The Kier molecular flexibility index (Phi) is 18.9. The summed E-state index contributed by atoms with van der Waals surface area (Å²) < 4.78 is 6.78. The van der Waals surface area contributed by atoms with E-state index in [1.54, 1.807) is 30.3 Å². The van der Waals surface area contributed by atoms with Gasteiger partial charge < -0.3 is 14.9 Å². The number of hydrogen-bond acceptors (Lipinski definition) is 4. The van der Waals surface area contributed by atoms with Crippen LogP contribution in [0.25, 0.3) is 0 Å². The zero-order valence-electron chi connectivity index (χ0n) is 15.6. The van der Waals surface area contributed by atoms with E-state index in [-0.39, 0.29) is 12.4 Å². The molecule has 0 bridgehead atoms. The van der Waals surface area contributed by atoms with E-state index in [0.717, 1.165) is 38.9 Å². The fourth-order valence-corrected chi connectivity index (χ4v) is 4.11. The predicted molar refractivity (Wildman–Crippen MR) is 137 cm³/mol. The first-order chi connectivity index (χ1) is 14.0. The van der Waals surface area contributed by atoms with Gasteiger partial charge in [-0.15, -0.1) is 0 Å². The van der Waals surface area contributed by atoms with Crippen LogP contribution in [0.4, 0.5) is 0 Å². The zero-order valence-corrected chi connectivity index (χ0v) is 23.5. The van der Waals surface area contributed by atoms with Crippen LogP contribution in [0.5, 0.6) is 11.5 Å². The highest BCUT2D eigenvalue weighted by Crippen LogP contribution is 2.28. The molecule has 4 nitrogen and oxygen atoms in total. The molecule has 0 heterocycles. The Morgan fingerprint density at radius 3 is 2.00 bits per heavy atom. The Bertz CT molecular complexity index is 711. The van der Waals surface area contributed by atoms with Gasteiger partial charge in [-0.1, -0.05) is 72.1 Å². The molecule has 2 rings (SSSR count). The van der Waals surface area contributed by atoms with Crippen molar-refractivity contribution in [1.29, 1.82) is 0 Å². The van der Waals surface area contributed by atoms with E-state index < -0.39 is 0 Å². The van der Waals surface area contributed by atoms with Gasteiger partial charge in [0.2, 0.25) is 0 Å². The van der Waals surface area contributed by atoms with Crippen LogP contribution in [0.15, 0.2) is 45.3 Å². The Hall–Kier alpha value is 0.0700. The van der Waals surface area contributed by atoms with E-state index in [1.807, 2.05) is 6.07 Å². The molecule has 9 heteroatoms. The minimum absolute atomic E-state index is 0.0605. The van der Waals surface area contributed by atoms with Crippen molar-refractivity contribution >= 4 is 85.9 Å². The number of aromatic hydroxyl groups is 1. The third-order valence-electron chi connectivity index (χ3n) is 3.15. The molecular formula is C20H23Br5O4. The number of hydrogen-bond donors (Lipinski definition) is 2. The third-order valence-corrected chi connectivity index (χ3v) is 6.60. The SMILES string of the molecule is BrCCCBr.O=Cc1cccc(OCCCBr)c1Br.OCc1cccc(O)c1Br. The largest absolute Gasteiger partial charge is 0.507 e. The first-order valence-electron chi connectivity index (χ1n) is 8.58. The van der Waals surface area contributed by atoms with Crippen molar-refractivity contribution in [3.05, 3.63) is 56.5 Å². The average molecular weight is 727 g/mol. The second kappa shape index (κ2) is 18.8. The first-order valence-corrected chi connectivity index (χ1v) is 13.5. The maximum Gasteiger partial charge on any atom is 0.151 e. The molecule has 0 unspecified atom stereocenters. The van der Waals surface area contributed by atoms with Crippen molar-refractivity contribution in [1.82, 2.24) is 0 Å². The van der Waals surface area contributed by atoms with Gasteiger partial charge in [0.05, 0.1) is 22.2 Å². The number of alkyl halides is 3. The zero-order chi connectivity index (χ0) is 22.1. The highest BCUT2D eigenvalue weighted by atomic mass is 79.9. The molecule has 2 aromatic carbocycles. The second-order valence-electron chi connectivity index (χ2n) is 5.31. The lowest BCUT2D eigenvalue weighted by Crippen LogP contribution is -1.99. The van der Waals surface area contributed by atoms with Gasteiger partial charge in [0.15, 0.2) is 6.29 Å². The van der Waals surface area contributed by atoms with E-state index in [4.69, 9.17) is 14.9 Å². The maximum atomic E-state index is 10.6. The maximum absolute atomic E-state index is 10.6. The number of aliphatic hydroxyl groups excluding tert-OH is 1. The summed E-state index contributed by atoms with van der Waals surface area (Å²) in [5.74, 6) is 0.877. The minimum atomic E-state index is -0.0605. The summed E-state index contributed by atoms with van der Waals surface area (Å²) in [5, 5.41) is 20.9. The van der Waals surface area contributed by atoms with E-state index in [0.29, 0.717) is 22.2 Å². The van der Waals surface area contributed by atoms with Crippen LogP contribution in [0.3, 0.4) is 0 Å². The number of phenolic OH excluding ortho intramolecular Hbond substituents is 1. The molecule has 2 N–H and O–H groups in total. The lowest BCUT2D eigenvalue weighted by Gasteiger charge is -2.07. The van der Waals surface area contributed by atoms with Crippen LogP contribution in [-0.2, 0) is 6.61 Å². The molecule has 0 aliphatic carbocycles. The molecule has 162 valence electrons. The molecule has 0 fully saturated rings. The molecule has 0 radical (unpaired) electrons. The number of halogens is 5. The van der Waals surface area contributed by atoms with Crippen molar-refractivity contribution in [2.45, 2.75) is 19.4 Å². The van der Waals surface area contributed by atoms with Crippen molar-refractivity contribution in [3.63, 3.8) is 0 Å². The van der Waals surface area contributed by atoms with Gasteiger partial charge in [-0.3, -0.25) is 4.79 Å². The predicted octanol–water partition coefficient (Wildman–Crippen LogP) is 7.24. The third kappa shape index (κ3) is 12.5. The lowest BCUT2D eigenvalue weighted by atomic mass is 10.2. The smallest absolute Gasteiger partial charge is 0.151 e. The van der Waals surface area contributed by atoms with E-state index in [2.05, 4.69) is 79.6 Å². The molecule has 2 aromatic rings. The first kappa shape index (κ1) is 29.1. The van der Waals surface area contributed by atoms with Crippen molar-refractivity contribution in [2.75, 3.05) is 22.6 Å². The van der Waals surface area contributed by atoms with Gasteiger partial charge in [-0.05, 0) is 62.4 Å². The Morgan fingerprint density at radius 2 is 1.52 bits per heavy atom. The number of carbonyl (C=O) groups is 1. The van der Waals surface area contributed by atoms with Crippen LogP contribution in [0.1, 0.15) is 28.8 Å². The van der Waals surface area contributed by atoms with Crippen LogP contribution in [-0.4, -0.2) is 39.1 Å². The molecule has 0 saturated heterocycles. The van der Waals surface area contributed by atoms with Crippen molar-refractivity contribution in [2.24, 2.45) is 0 Å². The second-order valence-corrected chi connectivity index (χ2v) is 9.27. The summed E-state index contributed by atoms with van der Waals surface area (Å²) in [4.78, 5) is 10.6. The molecule has 0 spiro atoms. The molecule has 0 aliphatic rings. The number of carbonyl (C=O) groups excluding carboxylic acids is 1. The van der Waals surface area contributed by atoms with Gasteiger partial charge in [-0.25, -0.2) is 0 Å². The quantitative estimate of drug-likeness (QED) is 0.171. The van der Waals surface area contributed by atoms with Crippen LogP contribution in [0.2, 0.25) is 0 Å². The number of rotatable bonds is 8. The monoisotopic (exact) mass is 722 g/mol. The average Bonchev–Trinajstić information content (AvgIpc) is 2.73. The number of phenols is 1. The minimum Gasteiger partial charge on any atom is -0.507 e. The normalized spacial score (nSPS) is 9.59. The van der Waals surface area contributed by atoms with Crippen molar-refractivity contribution < 1.29 is 19.7 Å². The molecule has 0 aliphatic heterocycles. The molecule has 0 saturated carbocycles. The van der Waals surface area contributed by atoms with Crippen molar-refractivity contribution in [3.8, 4) is 11.5 Å². The summed E-state index contributed by atoms with van der Waals surface area (Å²) in [5.41, 5.74) is 1.31. The number of benzene rings is 2. The molecule has 29 heavy (non-hydrogen) atoms. The molecule has 0 aromatic heterocycles. The number of aliphatic hydroxyl groups is 1. The standard InChI is InChI=1S/C10H10Br2O2.C7H7BrO2.C3H6Br2/c11-5-2-6-14-9-4-1-3-8(7-13)10(9)12;8-7-5(4-9)2-1-3-6(7)10;4-2-1-3-5/h1,3-4,7H,2,5-6H2;1-3,9-10H,4H2;1-3H2. The molecule has 0 atom stereocenters. The summed E-state index contributed by atoms with van der Waals surface area (Å²) in [6.45, 7) is 0.584. The van der Waals surface area contributed by atoms with Gasteiger partial charge in [0, 0.05) is 21.6 Å². The summed E-state index contributed by atoms with van der Waals surface area (Å²) in [6.07, 6.45) is 2.97. The number of aldehydes is 1. The molecular weight excluding hydrogens is 704 g/mol. The highest BCUT2D eigenvalue weighted by Gasteiger charge is 2.05.